The van der Waals surface area contributed by atoms with E-state index >= 15 is 0 Å². The summed E-state index contributed by atoms with van der Waals surface area (Å²) in [6.07, 6.45) is 5.91. The first kappa shape index (κ1) is 26.0. The van der Waals surface area contributed by atoms with Crippen LogP contribution in [0.4, 0.5) is 0 Å². The van der Waals surface area contributed by atoms with E-state index in [0.29, 0.717) is 26.2 Å². The Labute approximate surface area is 179 Å². The average Bonchev–Trinajstić information content (AvgIpc) is 2.59. The van der Waals surface area contributed by atoms with Crippen LogP contribution in [0.3, 0.4) is 0 Å². The van der Waals surface area contributed by atoms with Crippen molar-refractivity contribution in [3.8, 4) is 0 Å². The zero-order valence-corrected chi connectivity index (χ0v) is 23.2. The van der Waals surface area contributed by atoms with Crippen LogP contribution in [0, 0.1) is 0 Å². The smallest absolute Gasteiger partial charge is 0.352 e. The zero-order chi connectivity index (χ0) is 22.1. The summed E-state index contributed by atoms with van der Waals surface area (Å²) in [5.41, 5.74) is 0. The molecule has 11 heteroatoms. The number of aliphatic hydroxyl groups is 1. The van der Waals surface area contributed by atoms with Crippen molar-refractivity contribution in [3.63, 3.8) is 0 Å². The Hall–Kier alpha value is 0.694. The molecule has 2 aliphatic rings. The molecule has 29 heavy (non-hydrogen) atoms. The Kier molecular flexibility index (Phi) is 8.31. The fraction of sp³-hybridized carbons (Fsp3) is 1.00. The predicted octanol–water partition coefficient (Wildman–Crippen LogP) is 5.71. The summed E-state index contributed by atoms with van der Waals surface area (Å²) < 4.78 is 45.3. The van der Waals surface area contributed by atoms with E-state index in [2.05, 4.69) is 0 Å². The lowest BCUT2D eigenvalue weighted by Crippen LogP contribution is -2.48. The molecule has 0 amide bonds. The highest BCUT2D eigenvalue weighted by Crippen LogP contribution is 2.79. The molecule has 0 aromatic rings. The minimum atomic E-state index is -4.09. The first-order valence-corrected chi connectivity index (χ1v) is 20.9. The standard InChI is InChI=1S/C18H42N2O5P2Si2/c1-18(21,27(23,24-28(2,3)4)25-29(5,6)7)26(22,19-14-10-8-11-15-19)20-16-12-9-13-17-20/h21H,8-17H2,1-7H3. The van der Waals surface area contributed by atoms with Gasteiger partial charge in [0.2, 0.25) is 5.08 Å². The van der Waals surface area contributed by atoms with E-state index in [1.807, 2.05) is 48.6 Å². The maximum atomic E-state index is 14.9. The van der Waals surface area contributed by atoms with Crippen molar-refractivity contribution in [2.45, 2.75) is 89.8 Å². The predicted molar refractivity (Wildman–Crippen MR) is 126 cm³/mol. The quantitative estimate of drug-likeness (QED) is 0.349. The third-order valence-electron chi connectivity index (χ3n) is 5.29. The van der Waals surface area contributed by atoms with E-state index in [1.165, 1.54) is 6.92 Å². The third kappa shape index (κ3) is 5.94. The van der Waals surface area contributed by atoms with Gasteiger partial charge in [-0.2, -0.15) is 0 Å². The monoisotopic (exact) mass is 484 g/mol. The van der Waals surface area contributed by atoms with Crippen molar-refractivity contribution >= 4 is 31.7 Å². The van der Waals surface area contributed by atoms with Gasteiger partial charge in [0.15, 0.2) is 16.6 Å². The normalized spacial score (nSPS) is 23.7. The zero-order valence-electron chi connectivity index (χ0n) is 19.4. The van der Waals surface area contributed by atoms with Gasteiger partial charge in [0, 0.05) is 26.2 Å². The van der Waals surface area contributed by atoms with E-state index in [1.54, 1.807) is 0 Å². The highest BCUT2D eigenvalue weighted by atomic mass is 31.2. The van der Waals surface area contributed by atoms with Crippen LogP contribution in [0.2, 0.25) is 39.3 Å². The lowest BCUT2D eigenvalue weighted by atomic mass is 10.2. The van der Waals surface area contributed by atoms with Crippen molar-refractivity contribution in [3.05, 3.63) is 0 Å². The summed E-state index contributed by atoms with van der Waals surface area (Å²) in [7, 11) is -12.4. The SMILES string of the molecule is CC(O)(P(=O)(O[Si](C)(C)C)O[Si](C)(C)C)P(=O)(N1CCCCC1)N1CCCCC1. The Morgan fingerprint density at radius 1 is 0.724 bits per heavy atom. The molecule has 1 unspecified atom stereocenters. The molecule has 2 heterocycles. The van der Waals surface area contributed by atoms with E-state index in [9.17, 15) is 14.2 Å². The number of rotatable bonds is 8. The average molecular weight is 485 g/mol. The van der Waals surface area contributed by atoms with Gasteiger partial charge in [0.25, 0.3) is 7.44 Å². The topological polar surface area (TPSA) is 79.3 Å². The second-order valence-electron chi connectivity index (χ2n) is 10.4. The minimum absolute atomic E-state index is 0.643. The molecule has 2 aliphatic heterocycles. The van der Waals surface area contributed by atoms with Gasteiger partial charge in [0.1, 0.15) is 0 Å². The molecule has 0 aromatic heterocycles. The van der Waals surface area contributed by atoms with E-state index in [4.69, 9.17) is 8.43 Å². The van der Waals surface area contributed by atoms with Crippen molar-refractivity contribution in [2.75, 3.05) is 26.2 Å². The van der Waals surface area contributed by atoms with Gasteiger partial charge in [-0.1, -0.05) is 12.8 Å². The Morgan fingerprint density at radius 2 is 1.03 bits per heavy atom. The van der Waals surface area contributed by atoms with E-state index in [-0.39, 0.29) is 0 Å². The molecule has 0 aromatic carbocycles. The molecule has 0 aliphatic carbocycles. The molecular weight excluding hydrogens is 442 g/mol. The lowest BCUT2D eigenvalue weighted by molar-refractivity contribution is 0.148. The summed E-state index contributed by atoms with van der Waals surface area (Å²) >= 11 is 0. The molecular formula is C18H42N2O5P2Si2. The molecule has 2 fully saturated rings. The molecule has 0 spiro atoms. The summed E-state index contributed by atoms with van der Waals surface area (Å²) in [6, 6.07) is 0. The minimum Gasteiger partial charge on any atom is -0.369 e. The van der Waals surface area contributed by atoms with Crippen LogP contribution in [-0.2, 0) is 17.6 Å². The van der Waals surface area contributed by atoms with Gasteiger partial charge in [-0.3, -0.25) is 9.13 Å². The fourth-order valence-electron chi connectivity index (χ4n) is 4.08. The summed E-state index contributed by atoms with van der Waals surface area (Å²) in [5.74, 6) is 0. The number of hydrogen-bond donors (Lipinski definition) is 1. The van der Waals surface area contributed by atoms with Crippen LogP contribution in [0.15, 0.2) is 0 Å². The lowest BCUT2D eigenvalue weighted by Gasteiger charge is -2.51. The second-order valence-corrected chi connectivity index (χ2v) is 25.7. The maximum Gasteiger partial charge on any atom is 0.352 e. The van der Waals surface area contributed by atoms with Crippen LogP contribution in [0.25, 0.3) is 0 Å². The van der Waals surface area contributed by atoms with Crippen LogP contribution in [0.1, 0.15) is 45.4 Å². The number of piperidine rings is 2. The summed E-state index contributed by atoms with van der Waals surface area (Å²) in [5, 5.41) is 9.89. The third-order valence-corrected chi connectivity index (χ3v) is 17.6. The largest absolute Gasteiger partial charge is 0.369 e. The Morgan fingerprint density at radius 3 is 1.31 bits per heavy atom. The first-order chi connectivity index (χ1) is 13.1. The van der Waals surface area contributed by atoms with Crippen molar-refractivity contribution in [1.29, 1.82) is 0 Å². The Balaban J connectivity index is 2.59. The van der Waals surface area contributed by atoms with Crippen molar-refractivity contribution in [2.24, 2.45) is 0 Å². The molecule has 2 rings (SSSR count). The van der Waals surface area contributed by atoms with Gasteiger partial charge in [-0.05, 0) is 71.9 Å². The van der Waals surface area contributed by atoms with Gasteiger partial charge in [0.05, 0.1) is 0 Å². The summed E-state index contributed by atoms with van der Waals surface area (Å²) in [6.45, 7) is 15.6. The van der Waals surface area contributed by atoms with Gasteiger partial charge >= 0.3 is 7.60 Å². The van der Waals surface area contributed by atoms with Gasteiger partial charge < -0.3 is 13.5 Å². The fourth-order valence-corrected chi connectivity index (χ4v) is 17.6. The highest BCUT2D eigenvalue weighted by Gasteiger charge is 2.65. The first-order valence-electron chi connectivity index (χ1n) is 11.0. The molecule has 1 atom stereocenters. The molecule has 7 nitrogen and oxygen atoms in total. The molecule has 172 valence electrons. The van der Waals surface area contributed by atoms with Crippen LogP contribution in [0.5, 0.6) is 0 Å². The van der Waals surface area contributed by atoms with E-state index < -0.39 is 36.8 Å². The molecule has 0 saturated carbocycles. The van der Waals surface area contributed by atoms with E-state index in [0.717, 1.165) is 38.5 Å². The Bertz CT molecular complexity index is 610. The van der Waals surface area contributed by atoms with Crippen LogP contribution in [-0.4, -0.2) is 62.3 Å². The molecule has 2 saturated heterocycles. The van der Waals surface area contributed by atoms with Crippen molar-refractivity contribution in [1.82, 2.24) is 9.34 Å². The van der Waals surface area contributed by atoms with Crippen molar-refractivity contribution < 1.29 is 22.7 Å². The van der Waals surface area contributed by atoms with Gasteiger partial charge in [-0.25, -0.2) is 9.34 Å². The van der Waals surface area contributed by atoms with Crippen LogP contribution < -0.4 is 0 Å². The maximum absolute atomic E-state index is 14.9. The number of nitrogens with zero attached hydrogens (tertiary/aromatic N) is 2. The molecule has 0 radical (unpaired) electrons. The summed E-state index contributed by atoms with van der Waals surface area (Å²) in [4.78, 5) is 0. The second kappa shape index (κ2) is 9.28. The number of hydrogen-bond acceptors (Lipinski definition) is 5. The van der Waals surface area contributed by atoms with Gasteiger partial charge in [-0.15, -0.1) is 0 Å². The molecule has 1 N–H and O–H groups in total. The van der Waals surface area contributed by atoms with Crippen LogP contribution >= 0.6 is 15.0 Å². The molecule has 0 bridgehead atoms. The highest BCUT2D eigenvalue weighted by molar-refractivity contribution is 7.77.